The molecule has 0 spiro atoms. The van der Waals surface area contributed by atoms with Crippen LogP contribution in [0.15, 0.2) is 42.5 Å². The van der Waals surface area contributed by atoms with Crippen molar-refractivity contribution in [3.8, 4) is 0 Å². The molecule has 0 radical (unpaired) electrons. The second kappa shape index (κ2) is 5.07. The van der Waals surface area contributed by atoms with E-state index in [1.54, 1.807) is 36.4 Å². The minimum absolute atomic E-state index is 0.175. The number of rotatable bonds is 2. The standard InChI is InChI=1S/C16H10ClNO3/c17-11-4-5-14-12(8-11)13(15(19)18-14)7-9-2-1-3-10(6-9)16(20)21/h1-8H,(H,18,19)(H,20,21)/b13-7-. The highest BCUT2D eigenvalue weighted by Crippen LogP contribution is 2.34. The molecule has 2 N–H and O–H groups in total. The minimum Gasteiger partial charge on any atom is -0.478 e. The Hall–Kier alpha value is -2.59. The monoisotopic (exact) mass is 299 g/mol. The van der Waals surface area contributed by atoms with Crippen molar-refractivity contribution in [3.05, 3.63) is 64.2 Å². The fourth-order valence-corrected chi connectivity index (χ4v) is 2.40. The number of carbonyl (C=O) groups excluding carboxylic acids is 1. The van der Waals surface area contributed by atoms with Gasteiger partial charge in [-0.15, -0.1) is 0 Å². The Bertz CT molecular complexity index is 796. The van der Waals surface area contributed by atoms with E-state index in [9.17, 15) is 9.59 Å². The van der Waals surface area contributed by atoms with E-state index in [1.165, 1.54) is 12.1 Å². The highest BCUT2D eigenvalue weighted by molar-refractivity contribution is 6.36. The molecule has 0 atom stereocenters. The van der Waals surface area contributed by atoms with Crippen LogP contribution in [-0.4, -0.2) is 17.0 Å². The number of aromatic carboxylic acids is 1. The lowest BCUT2D eigenvalue weighted by atomic mass is 10.0. The van der Waals surface area contributed by atoms with E-state index in [0.29, 0.717) is 27.4 Å². The highest BCUT2D eigenvalue weighted by atomic mass is 35.5. The number of carboxylic acid groups (broad SMARTS) is 1. The van der Waals surface area contributed by atoms with Crippen molar-refractivity contribution in [3.63, 3.8) is 0 Å². The fourth-order valence-electron chi connectivity index (χ4n) is 2.23. The van der Waals surface area contributed by atoms with Gasteiger partial charge in [0, 0.05) is 21.8 Å². The van der Waals surface area contributed by atoms with Crippen LogP contribution in [0.2, 0.25) is 5.02 Å². The Labute approximate surface area is 125 Å². The first kappa shape index (κ1) is 13.4. The van der Waals surface area contributed by atoms with Gasteiger partial charge in [0.05, 0.1) is 5.56 Å². The molecule has 104 valence electrons. The van der Waals surface area contributed by atoms with Crippen molar-refractivity contribution in [1.82, 2.24) is 0 Å². The summed E-state index contributed by atoms with van der Waals surface area (Å²) in [7, 11) is 0. The molecule has 0 saturated heterocycles. The predicted octanol–water partition coefficient (Wildman–Crippen LogP) is 3.53. The summed E-state index contributed by atoms with van der Waals surface area (Å²) in [6, 6.07) is 11.6. The van der Waals surface area contributed by atoms with Gasteiger partial charge in [-0.1, -0.05) is 23.7 Å². The van der Waals surface area contributed by atoms with E-state index in [0.717, 1.165) is 0 Å². The van der Waals surface area contributed by atoms with Crippen molar-refractivity contribution in [2.24, 2.45) is 0 Å². The molecule has 1 aliphatic heterocycles. The van der Waals surface area contributed by atoms with Gasteiger partial charge in [0.15, 0.2) is 0 Å². The van der Waals surface area contributed by atoms with Gasteiger partial charge in [-0.05, 0) is 42.0 Å². The number of hydrogen-bond donors (Lipinski definition) is 2. The molecule has 21 heavy (non-hydrogen) atoms. The van der Waals surface area contributed by atoms with Crippen LogP contribution in [0.1, 0.15) is 21.5 Å². The zero-order chi connectivity index (χ0) is 15.0. The summed E-state index contributed by atoms with van der Waals surface area (Å²) >= 11 is 5.96. The van der Waals surface area contributed by atoms with Gasteiger partial charge in [-0.3, -0.25) is 4.79 Å². The third kappa shape index (κ3) is 2.53. The van der Waals surface area contributed by atoms with Crippen molar-refractivity contribution in [2.45, 2.75) is 0 Å². The summed E-state index contributed by atoms with van der Waals surface area (Å²) in [6.07, 6.45) is 1.66. The van der Waals surface area contributed by atoms with E-state index < -0.39 is 5.97 Å². The molecule has 1 aliphatic rings. The number of anilines is 1. The van der Waals surface area contributed by atoms with Crippen LogP contribution < -0.4 is 5.32 Å². The van der Waals surface area contributed by atoms with E-state index in [2.05, 4.69) is 5.32 Å². The summed E-state index contributed by atoms with van der Waals surface area (Å²) in [5.41, 5.74) is 2.70. The molecule has 2 aromatic carbocycles. The van der Waals surface area contributed by atoms with E-state index in [1.807, 2.05) is 0 Å². The first-order chi connectivity index (χ1) is 10.0. The van der Waals surface area contributed by atoms with Crippen molar-refractivity contribution >= 4 is 40.8 Å². The Morgan fingerprint density at radius 1 is 1.19 bits per heavy atom. The Morgan fingerprint density at radius 2 is 2.00 bits per heavy atom. The second-order valence-electron chi connectivity index (χ2n) is 4.63. The lowest BCUT2D eigenvalue weighted by molar-refractivity contribution is -0.110. The molecular formula is C16H10ClNO3. The number of halogens is 1. The molecule has 1 heterocycles. The Balaban J connectivity index is 2.08. The van der Waals surface area contributed by atoms with Crippen LogP contribution >= 0.6 is 11.6 Å². The number of carboxylic acids is 1. The molecule has 3 rings (SSSR count). The van der Waals surface area contributed by atoms with Crippen molar-refractivity contribution < 1.29 is 14.7 Å². The van der Waals surface area contributed by atoms with E-state index >= 15 is 0 Å². The average Bonchev–Trinajstić information content (AvgIpc) is 2.75. The molecule has 0 bridgehead atoms. The van der Waals surface area contributed by atoms with Crippen LogP contribution in [0, 0.1) is 0 Å². The molecule has 0 aliphatic carbocycles. The molecule has 2 aromatic rings. The summed E-state index contributed by atoms with van der Waals surface area (Å²) in [4.78, 5) is 23.0. The lowest BCUT2D eigenvalue weighted by Gasteiger charge is -2.01. The van der Waals surface area contributed by atoms with Crippen LogP contribution in [-0.2, 0) is 4.79 Å². The maximum atomic E-state index is 12.0. The molecule has 0 fully saturated rings. The molecule has 0 saturated carbocycles. The van der Waals surface area contributed by atoms with Gasteiger partial charge in [0.25, 0.3) is 5.91 Å². The second-order valence-corrected chi connectivity index (χ2v) is 5.07. The SMILES string of the molecule is O=C1Nc2ccc(Cl)cc2/C1=C/c1cccc(C(=O)O)c1. The van der Waals surface area contributed by atoms with Crippen LogP contribution in [0.5, 0.6) is 0 Å². The molecular weight excluding hydrogens is 290 g/mol. The van der Waals surface area contributed by atoms with Gasteiger partial charge in [-0.25, -0.2) is 4.79 Å². The zero-order valence-electron chi connectivity index (χ0n) is 10.8. The number of nitrogens with one attached hydrogen (secondary N) is 1. The fraction of sp³-hybridized carbons (Fsp3) is 0. The van der Waals surface area contributed by atoms with Crippen LogP contribution in [0.4, 0.5) is 5.69 Å². The third-order valence-corrected chi connectivity index (χ3v) is 3.44. The number of carbonyl (C=O) groups is 2. The van der Waals surface area contributed by atoms with Crippen molar-refractivity contribution in [2.75, 3.05) is 5.32 Å². The minimum atomic E-state index is -1.01. The lowest BCUT2D eigenvalue weighted by Crippen LogP contribution is -2.03. The number of benzene rings is 2. The Kier molecular flexibility index (Phi) is 3.23. The zero-order valence-corrected chi connectivity index (χ0v) is 11.5. The summed E-state index contributed by atoms with van der Waals surface area (Å²) in [6.45, 7) is 0. The average molecular weight is 300 g/mol. The highest BCUT2D eigenvalue weighted by Gasteiger charge is 2.24. The molecule has 0 aromatic heterocycles. The smallest absolute Gasteiger partial charge is 0.335 e. The van der Waals surface area contributed by atoms with Gasteiger partial charge in [-0.2, -0.15) is 0 Å². The Morgan fingerprint density at radius 3 is 2.76 bits per heavy atom. The molecule has 0 unspecified atom stereocenters. The summed E-state index contributed by atoms with van der Waals surface area (Å²) in [5.74, 6) is -1.23. The first-order valence-electron chi connectivity index (χ1n) is 6.21. The number of amides is 1. The predicted molar refractivity (Wildman–Crippen MR) is 81.4 cm³/mol. The van der Waals surface area contributed by atoms with Crippen molar-refractivity contribution in [1.29, 1.82) is 0 Å². The van der Waals surface area contributed by atoms with Crippen LogP contribution in [0.25, 0.3) is 11.6 Å². The van der Waals surface area contributed by atoms with E-state index in [4.69, 9.17) is 16.7 Å². The maximum Gasteiger partial charge on any atom is 0.335 e. The maximum absolute atomic E-state index is 12.0. The van der Waals surface area contributed by atoms with Crippen LogP contribution in [0.3, 0.4) is 0 Å². The topological polar surface area (TPSA) is 66.4 Å². The van der Waals surface area contributed by atoms with Gasteiger partial charge in [0.2, 0.25) is 0 Å². The van der Waals surface area contributed by atoms with E-state index in [-0.39, 0.29) is 11.5 Å². The van der Waals surface area contributed by atoms with Gasteiger partial charge < -0.3 is 10.4 Å². The van der Waals surface area contributed by atoms with Gasteiger partial charge >= 0.3 is 5.97 Å². The quantitative estimate of drug-likeness (QED) is 0.834. The largest absolute Gasteiger partial charge is 0.478 e. The van der Waals surface area contributed by atoms with Gasteiger partial charge in [0.1, 0.15) is 0 Å². The third-order valence-electron chi connectivity index (χ3n) is 3.21. The summed E-state index contributed by atoms with van der Waals surface area (Å²) < 4.78 is 0. The number of hydrogen-bond acceptors (Lipinski definition) is 2. The first-order valence-corrected chi connectivity index (χ1v) is 6.59. The molecule has 5 heteroatoms. The molecule has 4 nitrogen and oxygen atoms in total. The number of fused-ring (bicyclic) bond motifs is 1. The normalized spacial score (nSPS) is 14.9. The molecule has 1 amide bonds. The summed E-state index contributed by atoms with van der Waals surface area (Å²) in [5, 5.41) is 12.3.